The minimum atomic E-state index is -0.399. The molecule has 0 bridgehead atoms. The number of anilines is 2. The molecule has 6 nitrogen and oxygen atoms in total. The highest BCUT2D eigenvalue weighted by atomic mass is 32.1. The molecule has 128 valence electrons. The Balaban J connectivity index is 1.90. The number of nitrogens with one attached hydrogen (secondary N) is 1. The molecule has 4 rings (SSSR count). The highest BCUT2D eigenvalue weighted by molar-refractivity contribution is 7.15. The van der Waals surface area contributed by atoms with Crippen LogP contribution in [-0.4, -0.2) is 15.7 Å². The Labute approximate surface area is 152 Å². The molecule has 0 aliphatic heterocycles. The third kappa shape index (κ3) is 2.74. The number of nitrogen functional groups attached to an aromatic ring is 1. The lowest BCUT2D eigenvalue weighted by molar-refractivity contribution is 0.102. The molecule has 1 amide bonds. The Morgan fingerprint density at radius 2 is 1.69 bits per heavy atom. The summed E-state index contributed by atoms with van der Waals surface area (Å²) in [7, 11) is 0. The van der Waals surface area contributed by atoms with Crippen molar-refractivity contribution in [1.82, 2.24) is 9.78 Å². The number of benzene rings is 2. The molecule has 4 aromatic rings. The first-order chi connectivity index (χ1) is 12.6. The first-order valence-corrected chi connectivity index (χ1v) is 8.75. The lowest BCUT2D eigenvalue weighted by atomic mass is 10.2. The van der Waals surface area contributed by atoms with Gasteiger partial charge in [0.1, 0.15) is 0 Å². The summed E-state index contributed by atoms with van der Waals surface area (Å²) in [4.78, 5) is 25.6. The second kappa shape index (κ2) is 6.45. The fraction of sp³-hybridized carbons (Fsp3) is 0. The zero-order valence-corrected chi connectivity index (χ0v) is 14.4. The van der Waals surface area contributed by atoms with E-state index in [1.165, 1.54) is 16.0 Å². The highest BCUT2D eigenvalue weighted by Gasteiger charge is 2.20. The molecule has 7 heteroatoms. The van der Waals surface area contributed by atoms with E-state index in [1.807, 2.05) is 24.3 Å². The Kier molecular flexibility index (Phi) is 3.98. The topological polar surface area (TPSA) is 90.0 Å². The summed E-state index contributed by atoms with van der Waals surface area (Å²) in [6.07, 6.45) is 0. The molecule has 26 heavy (non-hydrogen) atoms. The van der Waals surface area contributed by atoms with Gasteiger partial charge in [0.2, 0.25) is 0 Å². The van der Waals surface area contributed by atoms with Gasteiger partial charge in [-0.15, -0.1) is 11.3 Å². The second-order valence-corrected chi connectivity index (χ2v) is 6.52. The van der Waals surface area contributed by atoms with Crippen molar-refractivity contribution in [3.05, 3.63) is 82.1 Å². The number of hydrogen-bond acceptors (Lipinski definition) is 5. The van der Waals surface area contributed by atoms with Gasteiger partial charge in [0.05, 0.1) is 16.1 Å². The van der Waals surface area contributed by atoms with Crippen molar-refractivity contribution in [3.63, 3.8) is 0 Å². The van der Waals surface area contributed by atoms with Crippen LogP contribution >= 0.6 is 11.3 Å². The van der Waals surface area contributed by atoms with Gasteiger partial charge < -0.3 is 11.1 Å². The Morgan fingerprint density at radius 1 is 1.04 bits per heavy atom. The SMILES string of the molecule is Nc1scc2c(C(=O)Nc3ccccc3)nn(-c3ccccc3)c(=O)c12. The fourth-order valence-corrected chi connectivity index (χ4v) is 3.49. The summed E-state index contributed by atoms with van der Waals surface area (Å²) in [5, 5.41) is 9.95. The first-order valence-electron chi connectivity index (χ1n) is 7.87. The van der Waals surface area contributed by atoms with Gasteiger partial charge in [-0.2, -0.15) is 9.78 Å². The van der Waals surface area contributed by atoms with Gasteiger partial charge in [-0.25, -0.2) is 0 Å². The number of carbonyl (C=O) groups excluding carboxylic acids is 1. The van der Waals surface area contributed by atoms with Crippen molar-refractivity contribution in [2.24, 2.45) is 0 Å². The lowest BCUT2D eigenvalue weighted by Gasteiger charge is -2.10. The molecule has 2 aromatic heterocycles. The van der Waals surface area contributed by atoms with E-state index in [4.69, 9.17) is 5.73 Å². The lowest BCUT2D eigenvalue weighted by Crippen LogP contribution is -2.26. The van der Waals surface area contributed by atoms with Gasteiger partial charge in [0.25, 0.3) is 11.5 Å². The summed E-state index contributed by atoms with van der Waals surface area (Å²) in [5.74, 6) is -0.399. The minimum absolute atomic E-state index is 0.153. The number of thiophene rings is 1. The Hall–Kier alpha value is -3.45. The maximum atomic E-state index is 12.8. The monoisotopic (exact) mass is 362 g/mol. The van der Waals surface area contributed by atoms with Gasteiger partial charge >= 0.3 is 0 Å². The molecule has 0 spiro atoms. The van der Waals surface area contributed by atoms with Gasteiger partial charge in [0.15, 0.2) is 5.69 Å². The quantitative estimate of drug-likeness (QED) is 0.585. The van der Waals surface area contributed by atoms with E-state index in [1.54, 1.807) is 41.8 Å². The number of rotatable bonds is 3. The smallest absolute Gasteiger partial charge is 0.282 e. The van der Waals surface area contributed by atoms with E-state index in [0.29, 0.717) is 27.1 Å². The number of nitrogens with zero attached hydrogens (tertiary/aromatic N) is 2. The van der Waals surface area contributed by atoms with E-state index in [2.05, 4.69) is 10.4 Å². The largest absolute Gasteiger partial charge is 0.390 e. The fourth-order valence-electron chi connectivity index (χ4n) is 2.70. The normalized spacial score (nSPS) is 10.8. The summed E-state index contributed by atoms with van der Waals surface area (Å²) in [6, 6.07) is 18.0. The molecular weight excluding hydrogens is 348 g/mol. The molecule has 2 heterocycles. The number of para-hydroxylation sites is 2. The number of hydrogen-bond donors (Lipinski definition) is 2. The van der Waals surface area contributed by atoms with E-state index in [-0.39, 0.29) is 11.3 Å². The Morgan fingerprint density at radius 3 is 2.38 bits per heavy atom. The van der Waals surface area contributed by atoms with Gasteiger partial charge in [0, 0.05) is 16.5 Å². The molecule has 0 aliphatic rings. The molecule has 0 atom stereocenters. The van der Waals surface area contributed by atoms with Crippen LogP contribution < -0.4 is 16.6 Å². The molecule has 0 fully saturated rings. The molecule has 0 saturated heterocycles. The average molecular weight is 362 g/mol. The van der Waals surface area contributed by atoms with E-state index in [9.17, 15) is 9.59 Å². The van der Waals surface area contributed by atoms with Crippen LogP contribution in [0.1, 0.15) is 10.5 Å². The molecular formula is C19H14N4O2S. The molecule has 0 aliphatic carbocycles. The molecule has 0 saturated carbocycles. The minimum Gasteiger partial charge on any atom is -0.390 e. The summed E-state index contributed by atoms with van der Waals surface area (Å²) in [6.45, 7) is 0. The molecule has 0 radical (unpaired) electrons. The number of nitrogens with two attached hydrogens (primary N) is 1. The predicted octanol–water partition coefficient (Wildman–Crippen LogP) is 3.28. The van der Waals surface area contributed by atoms with Crippen molar-refractivity contribution >= 4 is 38.7 Å². The maximum Gasteiger partial charge on any atom is 0.282 e. The van der Waals surface area contributed by atoms with Crippen LogP contribution in [0, 0.1) is 0 Å². The first kappa shape index (κ1) is 16.0. The zero-order valence-electron chi connectivity index (χ0n) is 13.5. The number of carbonyl (C=O) groups is 1. The highest BCUT2D eigenvalue weighted by Crippen LogP contribution is 2.27. The van der Waals surface area contributed by atoms with Gasteiger partial charge in [-0.3, -0.25) is 9.59 Å². The van der Waals surface area contributed by atoms with Crippen molar-refractivity contribution in [2.45, 2.75) is 0 Å². The van der Waals surface area contributed by atoms with Crippen LogP contribution in [0.2, 0.25) is 0 Å². The number of fused-ring (bicyclic) bond motifs is 1. The van der Waals surface area contributed by atoms with Crippen LogP contribution in [0.25, 0.3) is 16.5 Å². The van der Waals surface area contributed by atoms with Gasteiger partial charge in [-0.05, 0) is 24.3 Å². The van der Waals surface area contributed by atoms with E-state index < -0.39 is 5.91 Å². The van der Waals surface area contributed by atoms with Crippen LogP contribution in [-0.2, 0) is 0 Å². The average Bonchev–Trinajstić information content (AvgIpc) is 3.06. The predicted molar refractivity (Wildman–Crippen MR) is 104 cm³/mol. The van der Waals surface area contributed by atoms with Crippen LogP contribution in [0.3, 0.4) is 0 Å². The van der Waals surface area contributed by atoms with E-state index in [0.717, 1.165) is 0 Å². The number of aromatic nitrogens is 2. The van der Waals surface area contributed by atoms with E-state index >= 15 is 0 Å². The van der Waals surface area contributed by atoms with Gasteiger partial charge in [-0.1, -0.05) is 36.4 Å². The van der Waals surface area contributed by atoms with Crippen LogP contribution in [0.15, 0.2) is 70.8 Å². The van der Waals surface area contributed by atoms with Crippen molar-refractivity contribution in [1.29, 1.82) is 0 Å². The second-order valence-electron chi connectivity index (χ2n) is 5.61. The zero-order chi connectivity index (χ0) is 18.1. The Bertz CT molecular complexity index is 1150. The summed E-state index contributed by atoms with van der Waals surface area (Å²) >= 11 is 1.22. The third-order valence-electron chi connectivity index (χ3n) is 3.93. The van der Waals surface area contributed by atoms with Crippen LogP contribution in [0.5, 0.6) is 0 Å². The molecule has 2 aromatic carbocycles. The molecule has 3 N–H and O–H groups in total. The standard InChI is InChI=1S/C19H14N4O2S/c20-17-15-14(11-26-17)16(18(24)21-12-7-3-1-4-8-12)22-23(19(15)25)13-9-5-2-6-10-13/h1-11H,20H2,(H,21,24). The number of amides is 1. The summed E-state index contributed by atoms with van der Waals surface area (Å²) < 4.78 is 1.21. The van der Waals surface area contributed by atoms with Crippen molar-refractivity contribution < 1.29 is 4.79 Å². The van der Waals surface area contributed by atoms with Crippen molar-refractivity contribution in [2.75, 3.05) is 11.1 Å². The van der Waals surface area contributed by atoms with Crippen LogP contribution in [0.4, 0.5) is 10.7 Å². The third-order valence-corrected chi connectivity index (χ3v) is 4.74. The maximum absolute atomic E-state index is 12.8. The molecule has 0 unspecified atom stereocenters. The summed E-state index contributed by atoms with van der Waals surface area (Å²) in [5.41, 5.74) is 7.01. The van der Waals surface area contributed by atoms with Crippen molar-refractivity contribution in [3.8, 4) is 5.69 Å².